The first-order chi connectivity index (χ1) is 7.67. The van der Waals surface area contributed by atoms with Gasteiger partial charge in [0.05, 0.1) is 19.3 Å². The SMILES string of the molecule is COCC(C)NC(COC)c1ccc(C)o1. The second-order valence-corrected chi connectivity index (χ2v) is 3.98. The topological polar surface area (TPSA) is 43.6 Å². The van der Waals surface area contributed by atoms with Gasteiger partial charge in [0.25, 0.3) is 0 Å². The lowest BCUT2D eigenvalue weighted by atomic mass is 10.2. The molecule has 0 spiro atoms. The predicted octanol–water partition coefficient (Wildman–Crippen LogP) is 1.90. The van der Waals surface area contributed by atoms with Gasteiger partial charge in [0, 0.05) is 20.3 Å². The van der Waals surface area contributed by atoms with E-state index in [0.717, 1.165) is 11.5 Å². The van der Waals surface area contributed by atoms with E-state index in [1.54, 1.807) is 14.2 Å². The summed E-state index contributed by atoms with van der Waals surface area (Å²) in [4.78, 5) is 0. The molecule has 0 fully saturated rings. The Bertz CT molecular complexity index is 298. The Labute approximate surface area is 96.9 Å². The molecule has 0 saturated heterocycles. The Morgan fingerprint density at radius 3 is 2.44 bits per heavy atom. The molecule has 0 aromatic carbocycles. The lowest BCUT2D eigenvalue weighted by molar-refractivity contribution is 0.127. The molecule has 2 unspecified atom stereocenters. The van der Waals surface area contributed by atoms with Crippen molar-refractivity contribution in [1.29, 1.82) is 0 Å². The van der Waals surface area contributed by atoms with Gasteiger partial charge >= 0.3 is 0 Å². The van der Waals surface area contributed by atoms with Crippen LogP contribution in [0.5, 0.6) is 0 Å². The van der Waals surface area contributed by atoms with E-state index >= 15 is 0 Å². The van der Waals surface area contributed by atoms with E-state index in [1.165, 1.54) is 0 Å². The summed E-state index contributed by atoms with van der Waals surface area (Å²) in [7, 11) is 3.38. The standard InChI is InChI=1S/C12H21NO3/c1-9(7-14-3)13-11(8-15-4)12-6-5-10(2)16-12/h5-6,9,11,13H,7-8H2,1-4H3. The van der Waals surface area contributed by atoms with Crippen molar-refractivity contribution in [3.8, 4) is 0 Å². The molecule has 1 rings (SSSR count). The van der Waals surface area contributed by atoms with Gasteiger partial charge in [-0.25, -0.2) is 0 Å². The van der Waals surface area contributed by atoms with E-state index in [2.05, 4.69) is 12.2 Å². The molecule has 1 aromatic heterocycles. The van der Waals surface area contributed by atoms with Crippen molar-refractivity contribution < 1.29 is 13.9 Å². The van der Waals surface area contributed by atoms with Gasteiger partial charge in [-0.1, -0.05) is 0 Å². The summed E-state index contributed by atoms with van der Waals surface area (Å²) in [5.41, 5.74) is 0. The fraction of sp³-hybridized carbons (Fsp3) is 0.667. The fourth-order valence-corrected chi connectivity index (χ4v) is 1.66. The summed E-state index contributed by atoms with van der Waals surface area (Å²) in [5, 5.41) is 3.40. The summed E-state index contributed by atoms with van der Waals surface area (Å²) in [6.45, 7) is 5.26. The summed E-state index contributed by atoms with van der Waals surface area (Å²) >= 11 is 0. The highest BCUT2D eigenvalue weighted by molar-refractivity contribution is 5.10. The Hall–Kier alpha value is -0.840. The average Bonchev–Trinajstić information content (AvgIpc) is 2.64. The molecule has 4 nitrogen and oxygen atoms in total. The third-order valence-electron chi connectivity index (χ3n) is 2.34. The summed E-state index contributed by atoms with van der Waals surface area (Å²) < 4.78 is 15.9. The molecule has 0 aliphatic heterocycles. The van der Waals surface area contributed by atoms with Gasteiger partial charge in [0.15, 0.2) is 0 Å². The van der Waals surface area contributed by atoms with Crippen LogP contribution in [0.25, 0.3) is 0 Å². The van der Waals surface area contributed by atoms with Crippen molar-refractivity contribution in [1.82, 2.24) is 5.32 Å². The highest BCUT2D eigenvalue weighted by Crippen LogP contribution is 2.17. The molecule has 0 amide bonds. The smallest absolute Gasteiger partial charge is 0.123 e. The summed E-state index contributed by atoms with van der Waals surface area (Å²) in [6.07, 6.45) is 0. The predicted molar refractivity (Wildman–Crippen MR) is 62.5 cm³/mol. The number of furan rings is 1. The third-order valence-corrected chi connectivity index (χ3v) is 2.34. The second kappa shape index (κ2) is 6.68. The molecule has 0 aliphatic carbocycles. The first-order valence-corrected chi connectivity index (χ1v) is 5.47. The number of nitrogens with one attached hydrogen (secondary N) is 1. The van der Waals surface area contributed by atoms with Crippen LogP contribution in [0.3, 0.4) is 0 Å². The van der Waals surface area contributed by atoms with Crippen LogP contribution in [0, 0.1) is 6.92 Å². The molecule has 1 aromatic rings. The average molecular weight is 227 g/mol. The molecular weight excluding hydrogens is 206 g/mol. The van der Waals surface area contributed by atoms with E-state index in [1.807, 2.05) is 19.1 Å². The van der Waals surface area contributed by atoms with Crippen LogP contribution in [0.15, 0.2) is 16.5 Å². The van der Waals surface area contributed by atoms with Crippen molar-refractivity contribution >= 4 is 0 Å². The lowest BCUT2D eigenvalue weighted by Crippen LogP contribution is -2.35. The third kappa shape index (κ3) is 3.96. The van der Waals surface area contributed by atoms with Crippen molar-refractivity contribution in [3.63, 3.8) is 0 Å². The number of aryl methyl sites for hydroxylation is 1. The van der Waals surface area contributed by atoms with Gasteiger partial charge < -0.3 is 19.2 Å². The molecular formula is C12H21NO3. The van der Waals surface area contributed by atoms with Gasteiger partial charge in [-0.15, -0.1) is 0 Å². The molecule has 2 atom stereocenters. The van der Waals surface area contributed by atoms with E-state index in [-0.39, 0.29) is 12.1 Å². The lowest BCUT2D eigenvalue weighted by Gasteiger charge is -2.20. The van der Waals surface area contributed by atoms with Crippen LogP contribution in [0.2, 0.25) is 0 Å². The molecule has 1 N–H and O–H groups in total. The minimum atomic E-state index is 0.0730. The molecule has 4 heteroatoms. The summed E-state index contributed by atoms with van der Waals surface area (Å²) in [5.74, 6) is 1.82. The molecule has 0 bridgehead atoms. The zero-order valence-electron chi connectivity index (χ0n) is 10.4. The Balaban J connectivity index is 2.60. The van der Waals surface area contributed by atoms with E-state index in [9.17, 15) is 0 Å². The van der Waals surface area contributed by atoms with Crippen LogP contribution in [0.1, 0.15) is 24.5 Å². The van der Waals surface area contributed by atoms with Crippen molar-refractivity contribution in [2.75, 3.05) is 27.4 Å². The molecule has 0 saturated carbocycles. The van der Waals surface area contributed by atoms with Gasteiger partial charge in [-0.3, -0.25) is 0 Å². The maximum atomic E-state index is 5.59. The number of rotatable bonds is 7. The van der Waals surface area contributed by atoms with E-state index in [0.29, 0.717) is 13.2 Å². The Kier molecular flexibility index (Phi) is 5.52. The molecule has 16 heavy (non-hydrogen) atoms. The largest absolute Gasteiger partial charge is 0.465 e. The van der Waals surface area contributed by atoms with Crippen molar-refractivity contribution in [2.24, 2.45) is 0 Å². The molecule has 0 aliphatic rings. The van der Waals surface area contributed by atoms with Gasteiger partial charge in [-0.2, -0.15) is 0 Å². The van der Waals surface area contributed by atoms with Crippen LogP contribution < -0.4 is 5.32 Å². The van der Waals surface area contributed by atoms with Crippen molar-refractivity contribution in [3.05, 3.63) is 23.7 Å². The minimum Gasteiger partial charge on any atom is -0.465 e. The maximum absolute atomic E-state index is 5.59. The Morgan fingerprint density at radius 2 is 1.94 bits per heavy atom. The van der Waals surface area contributed by atoms with Crippen LogP contribution >= 0.6 is 0 Å². The zero-order valence-corrected chi connectivity index (χ0v) is 10.4. The van der Waals surface area contributed by atoms with E-state index < -0.39 is 0 Å². The number of hydrogen-bond acceptors (Lipinski definition) is 4. The molecule has 92 valence electrons. The highest BCUT2D eigenvalue weighted by Gasteiger charge is 2.17. The van der Waals surface area contributed by atoms with Crippen LogP contribution in [-0.4, -0.2) is 33.5 Å². The minimum absolute atomic E-state index is 0.0730. The van der Waals surface area contributed by atoms with Crippen molar-refractivity contribution in [2.45, 2.75) is 25.9 Å². The maximum Gasteiger partial charge on any atom is 0.123 e. The molecule has 1 heterocycles. The van der Waals surface area contributed by atoms with Gasteiger partial charge in [0.2, 0.25) is 0 Å². The fourth-order valence-electron chi connectivity index (χ4n) is 1.66. The second-order valence-electron chi connectivity index (χ2n) is 3.98. The van der Waals surface area contributed by atoms with E-state index in [4.69, 9.17) is 13.9 Å². The molecule has 0 radical (unpaired) electrons. The van der Waals surface area contributed by atoms with Gasteiger partial charge in [-0.05, 0) is 26.0 Å². The van der Waals surface area contributed by atoms with Crippen LogP contribution in [0.4, 0.5) is 0 Å². The van der Waals surface area contributed by atoms with Gasteiger partial charge in [0.1, 0.15) is 11.5 Å². The highest BCUT2D eigenvalue weighted by atomic mass is 16.5. The summed E-state index contributed by atoms with van der Waals surface area (Å²) in [6, 6.07) is 4.27. The monoisotopic (exact) mass is 227 g/mol. The number of methoxy groups -OCH3 is 2. The first kappa shape index (κ1) is 13.2. The first-order valence-electron chi connectivity index (χ1n) is 5.47. The number of ether oxygens (including phenoxy) is 2. The number of hydrogen-bond donors (Lipinski definition) is 1. The quantitative estimate of drug-likeness (QED) is 0.772. The normalized spacial score (nSPS) is 15.0. The van der Waals surface area contributed by atoms with Crippen LogP contribution in [-0.2, 0) is 9.47 Å². The zero-order chi connectivity index (χ0) is 12.0. The Morgan fingerprint density at radius 1 is 1.25 bits per heavy atom.